The lowest BCUT2D eigenvalue weighted by Crippen LogP contribution is -2.37. The number of carbonyl (C=O) groups is 1. The minimum absolute atomic E-state index is 0.00950. The Balaban J connectivity index is 1.38. The molecule has 0 radical (unpaired) electrons. The van der Waals surface area contributed by atoms with Gasteiger partial charge in [-0.3, -0.25) is 4.79 Å². The maximum Gasteiger partial charge on any atom is 0.251 e. The summed E-state index contributed by atoms with van der Waals surface area (Å²) in [6, 6.07) is 16.0. The van der Waals surface area contributed by atoms with Gasteiger partial charge in [0.1, 0.15) is 5.82 Å². The molecule has 0 spiro atoms. The molecule has 4 rings (SSSR count). The number of hydrogen-bond donors (Lipinski definition) is 1. The van der Waals surface area contributed by atoms with E-state index in [4.69, 9.17) is 0 Å². The second-order valence-corrected chi connectivity index (χ2v) is 6.96. The number of anilines is 1. The zero-order chi connectivity index (χ0) is 17.1. The van der Waals surface area contributed by atoms with Gasteiger partial charge in [0, 0.05) is 30.9 Å². The Morgan fingerprint density at radius 1 is 1.12 bits per heavy atom. The summed E-state index contributed by atoms with van der Waals surface area (Å²) in [5.41, 5.74) is 3.04. The Morgan fingerprint density at radius 3 is 2.72 bits per heavy atom. The molecule has 126 valence electrons. The third-order valence-electron chi connectivity index (χ3n) is 4.50. The van der Waals surface area contributed by atoms with Gasteiger partial charge in [-0.25, -0.2) is 4.98 Å². The lowest BCUT2D eigenvalue weighted by molar-refractivity contribution is 0.0940. The molecule has 1 aliphatic rings. The summed E-state index contributed by atoms with van der Waals surface area (Å²) in [5, 5.41) is 7.31. The first-order valence-corrected chi connectivity index (χ1v) is 9.33. The number of pyridine rings is 1. The van der Waals surface area contributed by atoms with Crippen LogP contribution >= 0.6 is 11.3 Å². The predicted octanol–water partition coefficient (Wildman–Crippen LogP) is 3.82. The summed E-state index contributed by atoms with van der Waals surface area (Å²) >= 11 is 1.68. The number of nitrogens with one attached hydrogen (secondary N) is 1. The number of amides is 1. The van der Waals surface area contributed by atoms with Gasteiger partial charge in [0.05, 0.1) is 0 Å². The van der Waals surface area contributed by atoms with Crippen LogP contribution in [0, 0.1) is 0 Å². The van der Waals surface area contributed by atoms with Gasteiger partial charge in [0.2, 0.25) is 0 Å². The van der Waals surface area contributed by atoms with E-state index in [-0.39, 0.29) is 11.9 Å². The van der Waals surface area contributed by atoms with Crippen molar-refractivity contribution in [2.75, 3.05) is 18.0 Å². The molecule has 1 unspecified atom stereocenters. The van der Waals surface area contributed by atoms with Crippen LogP contribution in [0.4, 0.5) is 5.82 Å². The third kappa shape index (κ3) is 3.56. The Labute approximate surface area is 151 Å². The predicted molar refractivity (Wildman–Crippen MR) is 102 cm³/mol. The van der Waals surface area contributed by atoms with E-state index in [2.05, 4.69) is 32.0 Å². The molecule has 0 aliphatic carbocycles. The van der Waals surface area contributed by atoms with Crippen molar-refractivity contribution in [3.05, 3.63) is 71.1 Å². The van der Waals surface area contributed by atoms with Gasteiger partial charge in [-0.1, -0.05) is 18.2 Å². The fourth-order valence-electron chi connectivity index (χ4n) is 3.14. The zero-order valence-electron chi connectivity index (χ0n) is 13.8. The van der Waals surface area contributed by atoms with Crippen LogP contribution in [0.3, 0.4) is 0 Å². The molecule has 4 nitrogen and oxygen atoms in total. The zero-order valence-corrected chi connectivity index (χ0v) is 14.6. The van der Waals surface area contributed by atoms with E-state index in [1.807, 2.05) is 42.5 Å². The number of nitrogens with zero attached hydrogens (tertiary/aromatic N) is 2. The van der Waals surface area contributed by atoms with E-state index in [9.17, 15) is 4.79 Å². The molecule has 0 bridgehead atoms. The molecule has 2 aromatic heterocycles. The molecule has 3 aromatic rings. The van der Waals surface area contributed by atoms with Crippen molar-refractivity contribution in [3.63, 3.8) is 0 Å². The Hall–Kier alpha value is -2.66. The number of hydrogen-bond acceptors (Lipinski definition) is 4. The van der Waals surface area contributed by atoms with Crippen LogP contribution in [-0.2, 0) is 0 Å². The molecule has 3 heterocycles. The largest absolute Gasteiger partial charge is 0.354 e. The van der Waals surface area contributed by atoms with Crippen LogP contribution < -0.4 is 10.2 Å². The van der Waals surface area contributed by atoms with Crippen molar-refractivity contribution in [2.45, 2.75) is 12.5 Å². The van der Waals surface area contributed by atoms with Gasteiger partial charge in [0.25, 0.3) is 5.91 Å². The van der Waals surface area contributed by atoms with E-state index < -0.39 is 0 Å². The lowest BCUT2D eigenvalue weighted by atomic mass is 10.1. The maximum atomic E-state index is 12.5. The smallest absolute Gasteiger partial charge is 0.251 e. The highest BCUT2D eigenvalue weighted by atomic mass is 32.1. The summed E-state index contributed by atoms with van der Waals surface area (Å²) in [7, 11) is 0. The highest BCUT2D eigenvalue weighted by Crippen LogP contribution is 2.22. The topological polar surface area (TPSA) is 45.2 Å². The summed E-state index contributed by atoms with van der Waals surface area (Å²) in [5.74, 6) is 0.962. The van der Waals surface area contributed by atoms with Crippen molar-refractivity contribution >= 4 is 23.1 Å². The van der Waals surface area contributed by atoms with Crippen LogP contribution in [0.5, 0.6) is 0 Å². The highest BCUT2D eigenvalue weighted by molar-refractivity contribution is 7.08. The quantitative estimate of drug-likeness (QED) is 0.779. The Bertz CT molecular complexity index is 831. The molecule has 1 fully saturated rings. The monoisotopic (exact) mass is 349 g/mol. The van der Waals surface area contributed by atoms with E-state index in [0.29, 0.717) is 5.56 Å². The number of rotatable bonds is 4. The lowest BCUT2D eigenvalue weighted by Gasteiger charge is -2.17. The number of aromatic nitrogens is 1. The molecule has 1 amide bonds. The van der Waals surface area contributed by atoms with Crippen molar-refractivity contribution < 1.29 is 4.79 Å². The molecule has 1 atom stereocenters. The van der Waals surface area contributed by atoms with Crippen molar-refractivity contribution in [1.29, 1.82) is 0 Å². The molecule has 1 aromatic carbocycles. The molecule has 25 heavy (non-hydrogen) atoms. The van der Waals surface area contributed by atoms with Gasteiger partial charge in [0.15, 0.2) is 0 Å². The van der Waals surface area contributed by atoms with E-state index >= 15 is 0 Å². The summed E-state index contributed by atoms with van der Waals surface area (Å²) in [4.78, 5) is 19.1. The van der Waals surface area contributed by atoms with Gasteiger partial charge in [-0.05, 0) is 58.6 Å². The third-order valence-corrected chi connectivity index (χ3v) is 5.18. The van der Waals surface area contributed by atoms with Gasteiger partial charge >= 0.3 is 0 Å². The fraction of sp³-hybridized carbons (Fsp3) is 0.200. The van der Waals surface area contributed by atoms with Gasteiger partial charge < -0.3 is 10.2 Å². The van der Waals surface area contributed by atoms with Crippen molar-refractivity contribution in [1.82, 2.24) is 10.3 Å². The van der Waals surface area contributed by atoms with Crippen LogP contribution in [0.15, 0.2) is 65.5 Å². The maximum absolute atomic E-state index is 12.5. The first-order chi connectivity index (χ1) is 12.3. The minimum atomic E-state index is -0.00950. The summed E-state index contributed by atoms with van der Waals surface area (Å²) in [6.45, 7) is 1.72. The van der Waals surface area contributed by atoms with Gasteiger partial charge in [-0.15, -0.1) is 0 Å². The average molecular weight is 349 g/mol. The van der Waals surface area contributed by atoms with Crippen LogP contribution in [0.25, 0.3) is 11.1 Å². The SMILES string of the molecule is O=C(NC1CCN(c2ccccn2)C1)c1ccc(-c2ccsc2)cc1. The number of benzene rings is 1. The molecule has 5 heteroatoms. The van der Waals surface area contributed by atoms with Crippen molar-refractivity contribution in [3.8, 4) is 11.1 Å². The number of carbonyl (C=O) groups excluding carboxylic acids is 1. The molecule has 1 N–H and O–H groups in total. The second kappa shape index (κ2) is 7.07. The van der Waals surface area contributed by atoms with Crippen LogP contribution in [0.2, 0.25) is 0 Å². The first-order valence-electron chi connectivity index (χ1n) is 8.39. The Kier molecular flexibility index (Phi) is 4.48. The van der Waals surface area contributed by atoms with E-state index in [1.54, 1.807) is 17.5 Å². The minimum Gasteiger partial charge on any atom is -0.354 e. The molecule has 1 saturated heterocycles. The molecular weight excluding hydrogens is 330 g/mol. The molecular formula is C20H19N3OS. The first kappa shape index (κ1) is 15.8. The van der Waals surface area contributed by atoms with Crippen molar-refractivity contribution in [2.24, 2.45) is 0 Å². The van der Waals surface area contributed by atoms with E-state index in [1.165, 1.54) is 5.56 Å². The molecule has 0 saturated carbocycles. The summed E-state index contributed by atoms with van der Waals surface area (Å²) in [6.07, 6.45) is 2.74. The fourth-order valence-corrected chi connectivity index (χ4v) is 3.80. The van der Waals surface area contributed by atoms with Gasteiger partial charge in [-0.2, -0.15) is 11.3 Å². The van der Waals surface area contributed by atoms with Crippen LogP contribution in [0.1, 0.15) is 16.8 Å². The Morgan fingerprint density at radius 2 is 2.00 bits per heavy atom. The number of thiophene rings is 1. The molecule has 1 aliphatic heterocycles. The average Bonchev–Trinajstić information content (AvgIpc) is 3.35. The highest BCUT2D eigenvalue weighted by Gasteiger charge is 2.24. The van der Waals surface area contributed by atoms with Crippen LogP contribution in [-0.4, -0.2) is 30.0 Å². The summed E-state index contributed by atoms with van der Waals surface area (Å²) < 4.78 is 0. The second-order valence-electron chi connectivity index (χ2n) is 6.18. The normalized spacial score (nSPS) is 16.8. The standard InChI is InChI=1S/C20H19N3OS/c24-20(16-6-4-15(5-7-16)17-9-12-25-14-17)22-18-8-11-23(13-18)19-3-1-2-10-21-19/h1-7,9-10,12,14,18H,8,11,13H2,(H,22,24). The van der Waals surface area contributed by atoms with E-state index in [0.717, 1.165) is 30.9 Å².